The minimum atomic E-state index is -0.711. The first-order valence-corrected chi connectivity index (χ1v) is 11.0. The van der Waals surface area contributed by atoms with Crippen LogP contribution in [-0.4, -0.2) is 47.8 Å². The second kappa shape index (κ2) is 11.2. The summed E-state index contributed by atoms with van der Waals surface area (Å²) in [5.41, 5.74) is 6.48. The van der Waals surface area contributed by atoms with E-state index in [1.165, 1.54) is 24.3 Å². The third kappa shape index (κ3) is 7.31. The number of nitrogens with zero attached hydrogens (tertiary/aromatic N) is 1. The van der Waals surface area contributed by atoms with Crippen molar-refractivity contribution in [1.29, 1.82) is 0 Å². The number of anilines is 1. The topological polar surface area (TPSA) is 105 Å². The zero-order valence-corrected chi connectivity index (χ0v) is 18.9. The van der Waals surface area contributed by atoms with E-state index in [1.807, 2.05) is 27.7 Å². The molecule has 0 aromatic heterocycles. The summed E-state index contributed by atoms with van der Waals surface area (Å²) in [5, 5.41) is 5.58. The van der Waals surface area contributed by atoms with Gasteiger partial charge in [0, 0.05) is 24.7 Å². The van der Waals surface area contributed by atoms with Crippen molar-refractivity contribution in [3.05, 3.63) is 30.1 Å². The first-order chi connectivity index (χ1) is 14.6. The number of carbonyl (C=O) groups excluding carboxylic acids is 3. The first kappa shape index (κ1) is 24.8. The van der Waals surface area contributed by atoms with Crippen LogP contribution < -0.4 is 16.4 Å². The molecule has 0 aliphatic carbocycles. The molecule has 31 heavy (non-hydrogen) atoms. The molecule has 3 amide bonds. The lowest BCUT2D eigenvalue weighted by Gasteiger charge is -2.34. The Morgan fingerprint density at radius 2 is 1.68 bits per heavy atom. The van der Waals surface area contributed by atoms with Crippen LogP contribution in [0.4, 0.5) is 10.1 Å². The molecule has 2 rings (SSSR count). The Labute approximate surface area is 183 Å². The van der Waals surface area contributed by atoms with Gasteiger partial charge >= 0.3 is 0 Å². The fourth-order valence-electron chi connectivity index (χ4n) is 3.76. The van der Waals surface area contributed by atoms with Gasteiger partial charge in [-0.05, 0) is 55.4 Å². The summed E-state index contributed by atoms with van der Waals surface area (Å²) in [5.74, 6) is -1.02. The zero-order chi connectivity index (χ0) is 23.1. The highest BCUT2D eigenvalue weighted by Crippen LogP contribution is 2.20. The average Bonchev–Trinajstić information content (AvgIpc) is 2.72. The van der Waals surface area contributed by atoms with E-state index in [4.69, 9.17) is 5.73 Å². The van der Waals surface area contributed by atoms with E-state index >= 15 is 0 Å². The van der Waals surface area contributed by atoms with Crippen molar-refractivity contribution < 1.29 is 18.8 Å². The molecular formula is C23H35FN4O3. The van der Waals surface area contributed by atoms with E-state index in [-0.39, 0.29) is 35.4 Å². The zero-order valence-electron chi connectivity index (χ0n) is 18.9. The number of hydrogen-bond donors (Lipinski definition) is 3. The minimum absolute atomic E-state index is 0.0636. The van der Waals surface area contributed by atoms with Crippen LogP contribution in [0.15, 0.2) is 24.3 Å². The highest BCUT2D eigenvalue weighted by molar-refractivity contribution is 5.97. The molecule has 1 aromatic carbocycles. The highest BCUT2D eigenvalue weighted by Gasteiger charge is 2.32. The quantitative estimate of drug-likeness (QED) is 0.585. The van der Waals surface area contributed by atoms with Gasteiger partial charge in [-0.3, -0.25) is 14.4 Å². The summed E-state index contributed by atoms with van der Waals surface area (Å²) in [6.07, 6.45) is 1.71. The summed E-state index contributed by atoms with van der Waals surface area (Å²) in [6, 6.07) is 4.26. The molecule has 7 nitrogen and oxygen atoms in total. The van der Waals surface area contributed by atoms with E-state index in [0.29, 0.717) is 44.0 Å². The normalized spacial score (nSPS) is 16.8. The van der Waals surface area contributed by atoms with Crippen molar-refractivity contribution >= 4 is 23.4 Å². The molecule has 0 spiro atoms. The highest BCUT2D eigenvalue weighted by atomic mass is 19.1. The van der Waals surface area contributed by atoms with Crippen LogP contribution in [0, 0.1) is 23.6 Å². The van der Waals surface area contributed by atoms with Gasteiger partial charge in [0.2, 0.25) is 17.7 Å². The van der Waals surface area contributed by atoms with Crippen molar-refractivity contribution in [2.24, 2.45) is 23.5 Å². The van der Waals surface area contributed by atoms with Crippen LogP contribution in [0.5, 0.6) is 0 Å². The predicted molar refractivity (Wildman–Crippen MR) is 119 cm³/mol. The Morgan fingerprint density at radius 3 is 2.19 bits per heavy atom. The molecule has 2 atom stereocenters. The molecule has 172 valence electrons. The second-order valence-corrected chi connectivity index (χ2v) is 9.06. The van der Waals surface area contributed by atoms with Crippen molar-refractivity contribution in [1.82, 2.24) is 10.2 Å². The maximum absolute atomic E-state index is 13.1. The van der Waals surface area contributed by atoms with Gasteiger partial charge in [0.15, 0.2) is 0 Å². The second-order valence-electron chi connectivity index (χ2n) is 9.06. The van der Waals surface area contributed by atoms with Gasteiger partial charge in [-0.1, -0.05) is 27.7 Å². The third-order valence-electron chi connectivity index (χ3n) is 5.58. The number of piperidine rings is 1. The molecule has 4 N–H and O–H groups in total. The van der Waals surface area contributed by atoms with Crippen LogP contribution in [0.25, 0.3) is 0 Å². The Balaban J connectivity index is 1.89. The predicted octanol–water partition coefficient (Wildman–Crippen LogP) is 2.52. The van der Waals surface area contributed by atoms with E-state index in [0.717, 1.165) is 0 Å². The van der Waals surface area contributed by atoms with Crippen molar-refractivity contribution in [3.63, 3.8) is 0 Å². The average molecular weight is 435 g/mol. The molecule has 2 unspecified atom stereocenters. The number of likely N-dealkylation sites (tertiary alicyclic amines) is 1. The van der Waals surface area contributed by atoms with Crippen molar-refractivity contribution in [3.8, 4) is 0 Å². The van der Waals surface area contributed by atoms with Crippen LogP contribution in [0.2, 0.25) is 0 Å². The Morgan fingerprint density at radius 1 is 1.10 bits per heavy atom. The van der Waals surface area contributed by atoms with Gasteiger partial charge in [0.05, 0.1) is 6.04 Å². The van der Waals surface area contributed by atoms with E-state index < -0.39 is 12.1 Å². The maximum Gasteiger partial charge on any atom is 0.247 e. The fourth-order valence-corrected chi connectivity index (χ4v) is 3.76. The summed E-state index contributed by atoms with van der Waals surface area (Å²) >= 11 is 0. The molecule has 1 saturated heterocycles. The van der Waals surface area contributed by atoms with Gasteiger partial charge in [-0.25, -0.2) is 4.39 Å². The molecule has 8 heteroatoms. The monoisotopic (exact) mass is 434 g/mol. The fraction of sp³-hybridized carbons (Fsp3) is 0.609. The molecule has 1 aliphatic rings. The number of hydrogen-bond acceptors (Lipinski definition) is 4. The van der Waals surface area contributed by atoms with Gasteiger partial charge in [0.25, 0.3) is 0 Å². The van der Waals surface area contributed by atoms with E-state index in [2.05, 4.69) is 10.6 Å². The molecular weight excluding hydrogens is 399 g/mol. The van der Waals surface area contributed by atoms with E-state index in [9.17, 15) is 18.8 Å². The number of rotatable bonds is 8. The summed E-state index contributed by atoms with van der Waals surface area (Å²) in [4.78, 5) is 39.7. The van der Waals surface area contributed by atoms with Gasteiger partial charge < -0.3 is 21.3 Å². The number of nitrogens with one attached hydrogen (secondary N) is 2. The Hall–Kier alpha value is -2.48. The minimum Gasteiger partial charge on any atom is -0.344 e. The molecule has 1 aromatic rings. The largest absolute Gasteiger partial charge is 0.344 e. The number of amides is 3. The molecule has 0 saturated carbocycles. The molecule has 1 heterocycles. The van der Waals surface area contributed by atoms with E-state index in [1.54, 1.807) is 4.90 Å². The smallest absolute Gasteiger partial charge is 0.247 e. The van der Waals surface area contributed by atoms with Crippen molar-refractivity contribution in [2.75, 3.05) is 18.4 Å². The lowest BCUT2D eigenvalue weighted by molar-refractivity contribution is -0.137. The molecule has 1 aliphatic heterocycles. The standard InChI is InChI=1S/C23H35FN4O3/c1-14(2)13-19(25)23(31)28-11-9-16(10-12-28)21(29)27-20(15(3)4)22(30)26-18-7-5-17(24)6-8-18/h5-8,14-16,19-20H,9-13,25H2,1-4H3,(H,26,30)(H,27,29). The Kier molecular flexibility index (Phi) is 8.98. The van der Waals surface area contributed by atoms with Crippen LogP contribution in [0.1, 0.15) is 47.0 Å². The third-order valence-corrected chi connectivity index (χ3v) is 5.58. The van der Waals surface area contributed by atoms with Crippen LogP contribution in [-0.2, 0) is 14.4 Å². The number of halogens is 1. The number of nitrogens with two attached hydrogens (primary N) is 1. The van der Waals surface area contributed by atoms with Crippen LogP contribution >= 0.6 is 0 Å². The maximum atomic E-state index is 13.1. The van der Waals surface area contributed by atoms with Gasteiger partial charge in [0.1, 0.15) is 11.9 Å². The van der Waals surface area contributed by atoms with Crippen LogP contribution in [0.3, 0.4) is 0 Å². The summed E-state index contributed by atoms with van der Waals surface area (Å²) < 4.78 is 13.1. The molecule has 1 fully saturated rings. The molecule has 0 bridgehead atoms. The lowest BCUT2D eigenvalue weighted by Crippen LogP contribution is -2.52. The number of carbonyl (C=O) groups is 3. The Bertz CT molecular complexity index is 759. The van der Waals surface area contributed by atoms with Gasteiger partial charge in [-0.2, -0.15) is 0 Å². The summed E-state index contributed by atoms with van der Waals surface area (Å²) in [7, 11) is 0. The molecule has 0 radical (unpaired) electrons. The number of benzene rings is 1. The van der Waals surface area contributed by atoms with Gasteiger partial charge in [-0.15, -0.1) is 0 Å². The van der Waals surface area contributed by atoms with Crippen molar-refractivity contribution in [2.45, 2.75) is 59.0 Å². The first-order valence-electron chi connectivity index (χ1n) is 11.0. The SMILES string of the molecule is CC(C)CC(N)C(=O)N1CCC(C(=O)NC(C(=O)Nc2ccc(F)cc2)C(C)C)CC1. The summed E-state index contributed by atoms with van der Waals surface area (Å²) in [6.45, 7) is 8.73. The lowest BCUT2D eigenvalue weighted by atomic mass is 9.93.